The maximum Gasteiger partial charge on any atom is 0.257 e. The normalized spacial score (nSPS) is 11.6. The number of benzene rings is 3. The minimum Gasteiger partial charge on any atom is -0.373 e. The summed E-state index contributed by atoms with van der Waals surface area (Å²) in [6, 6.07) is 19.1. The number of nitrogens with one attached hydrogen (secondary N) is 4. The van der Waals surface area contributed by atoms with Crippen LogP contribution in [0, 0.1) is 0 Å². The zero-order valence-corrected chi connectivity index (χ0v) is 20.7. The number of amides is 2. The second-order valence-electron chi connectivity index (χ2n) is 7.40. The van der Waals surface area contributed by atoms with Crippen molar-refractivity contribution in [3.63, 3.8) is 0 Å². The third kappa shape index (κ3) is 6.24. The van der Waals surface area contributed by atoms with E-state index in [1.807, 2.05) is 24.3 Å². The number of amidine groups is 2. The van der Waals surface area contributed by atoms with E-state index in [0.29, 0.717) is 16.9 Å². The minimum atomic E-state index is -0.374. The molecule has 3 aromatic rings. The molecule has 35 heavy (non-hydrogen) atoms. The molecule has 0 fully saturated rings. The Labute approximate surface area is 209 Å². The smallest absolute Gasteiger partial charge is 0.257 e. The van der Waals surface area contributed by atoms with Gasteiger partial charge in [0.1, 0.15) is 11.7 Å². The van der Waals surface area contributed by atoms with E-state index in [1.165, 1.54) is 12.1 Å². The van der Waals surface area contributed by atoms with Crippen LogP contribution in [-0.4, -0.2) is 51.7 Å². The summed E-state index contributed by atoms with van der Waals surface area (Å²) in [6.07, 6.45) is 0. The lowest BCUT2D eigenvalue weighted by atomic mass is 10.1. The molecule has 0 unspecified atom stereocenters. The largest absolute Gasteiger partial charge is 0.373 e. The van der Waals surface area contributed by atoms with Gasteiger partial charge in [-0.1, -0.05) is 11.6 Å². The van der Waals surface area contributed by atoms with E-state index >= 15 is 0 Å². The third-order valence-electron chi connectivity index (χ3n) is 5.23. The molecule has 8 nitrogen and oxygen atoms in total. The number of carbonyl (C=O) groups is 2. The van der Waals surface area contributed by atoms with Gasteiger partial charge in [0.2, 0.25) is 0 Å². The highest BCUT2D eigenvalue weighted by Gasteiger charge is 2.15. The van der Waals surface area contributed by atoms with Gasteiger partial charge in [0.05, 0.1) is 10.6 Å². The van der Waals surface area contributed by atoms with E-state index in [-0.39, 0.29) is 22.4 Å². The lowest BCUT2D eigenvalue weighted by Gasteiger charge is -2.11. The molecular weight excluding hydrogens is 464 g/mol. The van der Waals surface area contributed by atoms with Gasteiger partial charge in [-0.15, -0.1) is 0 Å². The maximum absolute atomic E-state index is 12.7. The average molecular weight is 491 g/mol. The Bertz CT molecular complexity index is 1270. The molecule has 0 heterocycles. The molecule has 3 aromatic carbocycles. The number of hydrogen-bond acceptors (Lipinski definition) is 4. The standard InChI is InChI=1S/C26H27ClN6O2/c1-28-23(29-2)16-5-10-19(11-6-16)32-25(34)18-9-14-21(22(27)15-18)26(35)33-20-12-7-17(8-13-20)24(30-3)31-4/h5-15H,1-4H3,(H,28,29)(H,30,31)(H,32,34)(H,33,35). The second-order valence-corrected chi connectivity index (χ2v) is 7.81. The minimum absolute atomic E-state index is 0.176. The monoisotopic (exact) mass is 490 g/mol. The van der Waals surface area contributed by atoms with Crippen molar-refractivity contribution in [3.8, 4) is 0 Å². The lowest BCUT2D eigenvalue weighted by Crippen LogP contribution is -2.19. The highest BCUT2D eigenvalue weighted by molar-refractivity contribution is 6.35. The molecule has 0 aliphatic carbocycles. The van der Waals surface area contributed by atoms with Crippen LogP contribution in [0.5, 0.6) is 0 Å². The van der Waals surface area contributed by atoms with Crippen LogP contribution in [0.3, 0.4) is 0 Å². The van der Waals surface area contributed by atoms with Gasteiger partial charge in [0.15, 0.2) is 0 Å². The van der Waals surface area contributed by atoms with E-state index < -0.39 is 0 Å². The van der Waals surface area contributed by atoms with Crippen molar-refractivity contribution < 1.29 is 9.59 Å². The molecule has 9 heteroatoms. The van der Waals surface area contributed by atoms with Crippen LogP contribution in [0.15, 0.2) is 76.7 Å². The van der Waals surface area contributed by atoms with Crippen LogP contribution in [0.4, 0.5) is 11.4 Å². The fourth-order valence-electron chi connectivity index (χ4n) is 3.44. The van der Waals surface area contributed by atoms with Crippen molar-refractivity contribution in [2.45, 2.75) is 0 Å². The molecule has 3 rings (SSSR count). The Morgan fingerprint density at radius 2 is 1.09 bits per heavy atom. The van der Waals surface area contributed by atoms with Crippen molar-refractivity contribution in [2.24, 2.45) is 9.98 Å². The number of aliphatic imine (C=N–C) groups is 2. The van der Waals surface area contributed by atoms with Crippen molar-refractivity contribution in [1.29, 1.82) is 0 Å². The molecule has 0 aromatic heterocycles. The summed E-state index contributed by atoms with van der Waals surface area (Å²) in [7, 11) is 6.99. The van der Waals surface area contributed by atoms with Crippen molar-refractivity contribution in [1.82, 2.24) is 10.6 Å². The molecule has 0 aliphatic heterocycles. The Balaban J connectivity index is 1.67. The second kappa shape index (κ2) is 11.8. The first-order valence-electron chi connectivity index (χ1n) is 10.8. The summed E-state index contributed by atoms with van der Waals surface area (Å²) in [4.78, 5) is 33.7. The van der Waals surface area contributed by atoms with E-state index in [1.54, 1.807) is 58.5 Å². The summed E-state index contributed by atoms with van der Waals surface area (Å²) >= 11 is 6.34. The van der Waals surface area contributed by atoms with Crippen LogP contribution in [-0.2, 0) is 0 Å². The highest BCUT2D eigenvalue weighted by atomic mass is 35.5. The molecule has 0 saturated carbocycles. The van der Waals surface area contributed by atoms with Gasteiger partial charge in [-0.2, -0.15) is 0 Å². The fraction of sp³-hybridized carbons (Fsp3) is 0.154. The van der Waals surface area contributed by atoms with Crippen molar-refractivity contribution >= 4 is 46.5 Å². The van der Waals surface area contributed by atoms with Crippen LogP contribution in [0.1, 0.15) is 31.8 Å². The Hall–Kier alpha value is -4.17. The maximum atomic E-state index is 12.7. The first-order chi connectivity index (χ1) is 16.9. The van der Waals surface area contributed by atoms with Crippen LogP contribution in [0.2, 0.25) is 5.02 Å². The topological polar surface area (TPSA) is 107 Å². The molecule has 0 atom stereocenters. The highest BCUT2D eigenvalue weighted by Crippen LogP contribution is 2.21. The first-order valence-corrected chi connectivity index (χ1v) is 11.2. The third-order valence-corrected chi connectivity index (χ3v) is 5.54. The van der Waals surface area contributed by atoms with E-state index in [2.05, 4.69) is 31.3 Å². The Morgan fingerprint density at radius 1 is 0.657 bits per heavy atom. The van der Waals surface area contributed by atoms with Crippen LogP contribution in [0.25, 0.3) is 0 Å². The van der Waals surface area contributed by atoms with Crippen molar-refractivity contribution in [3.05, 3.63) is 94.0 Å². The quantitative estimate of drug-likeness (QED) is 0.309. The summed E-state index contributed by atoms with van der Waals surface area (Å²) in [5.74, 6) is 0.782. The van der Waals surface area contributed by atoms with Gasteiger partial charge in [-0.25, -0.2) is 0 Å². The predicted molar refractivity (Wildman–Crippen MR) is 143 cm³/mol. The van der Waals surface area contributed by atoms with Gasteiger partial charge < -0.3 is 21.3 Å². The zero-order valence-electron chi connectivity index (χ0n) is 19.9. The van der Waals surface area contributed by atoms with Gasteiger partial charge in [0.25, 0.3) is 11.8 Å². The number of hydrogen-bond donors (Lipinski definition) is 4. The van der Waals surface area contributed by atoms with Crippen LogP contribution < -0.4 is 21.3 Å². The summed E-state index contributed by atoms with van der Waals surface area (Å²) in [5, 5.41) is 11.8. The summed E-state index contributed by atoms with van der Waals surface area (Å²) in [5.41, 5.74) is 3.65. The van der Waals surface area contributed by atoms with E-state index in [4.69, 9.17) is 11.6 Å². The first kappa shape index (κ1) is 25.5. The Kier molecular flexibility index (Phi) is 8.58. The molecule has 0 aliphatic rings. The van der Waals surface area contributed by atoms with Gasteiger partial charge in [-0.3, -0.25) is 19.6 Å². The molecule has 180 valence electrons. The molecule has 0 spiro atoms. The molecule has 0 radical (unpaired) electrons. The van der Waals surface area contributed by atoms with E-state index in [9.17, 15) is 9.59 Å². The lowest BCUT2D eigenvalue weighted by molar-refractivity contribution is 0.101. The SMILES string of the molecule is CN=C(NC)c1ccc(NC(=O)c2ccc(C(=O)Nc3ccc(C(=NC)NC)cc3)c(Cl)c2)cc1. The molecule has 4 N–H and O–H groups in total. The summed E-state index contributed by atoms with van der Waals surface area (Å²) in [6.45, 7) is 0. The zero-order chi connectivity index (χ0) is 25.4. The number of carbonyl (C=O) groups excluding carboxylic acids is 2. The molecule has 0 bridgehead atoms. The summed E-state index contributed by atoms with van der Waals surface area (Å²) < 4.78 is 0. The predicted octanol–water partition coefficient (Wildman–Crippen LogP) is 4.04. The number of halogens is 1. The Morgan fingerprint density at radius 3 is 1.49 bits per heavy atom. The molecule has 2 amide bonds. The van der Waals surface area contributed by atoms with E-state index in [0.717, 1.165) is 22.8 Å². The molecular formula is C26H27ClN6O2. The van der Waals surface area contributed by atoms with Gasteiger partial charge >= 0.3 is 0 Å². The average Bonchev–Trinajstić information content (AvgIpc) is 2.87. The fourth-order valence-corrected chi connectivity index (χ4v) is 3.70. The number of nitrogens with zero attached hydrogens (tertiary/aromatic N) is 2. The van der Waals surface area contributed by atoms with Crippen LogP contribution >= 0.6 is 11.6 Å². The van der Waals surface area contributed by atoms with Crippen molar-refractivity contribution in [2.75, 3.05) is 38.8 Å². The number of anilines is 2. The number of rotatable bonds is 6. The van der Waals surface area contributed by atoms with Gasteiger partial charge in [0, 0.05) is 56.3 Å². The molecule has 0 saturated heterocycles. The van der Waals surface area contributed by atoms with Gasteiger partial charge in [-0.05, 0) is 66.7 Å².